The number of nitrogens with zero attached hydrogens (tertiary/aromatic N) is 5. The molecule has 0 saturated heterocycles. The fourth-order valence-electron chi connectivity index (χ4n) is 4.12. The number of ether oxygens (including phenoxy) is 1. The summed E-state index contributed by atoms with van der Waals surface area (Å²) in [6, 6.07) is 15.4. The SMILES string of the molecule is COc1ccc2c(Nc3ccc(F)c(Cl)c3)c(C#N)cnc2c1NC(c1ccc(F)cc1)c1cn(C)nn1. The predicted octanol–water partition coefficient (Wildman–Crippen LogP) is 6.12. The van der Waals surface area contributed by atoms with E-state index >= 15 is 0 Å². The molecule has 1 atom stereocenters. The molecule has 0 fully saturated rings. The minimum atomic E-state index is -0.552. The average Bonchev–Trinajstić information content (AvgIpc) is 3.35. The minimum absolute atomic E-state index is 0.0537. The number of fused-ring (bicyclic) bond motifs is 1. The molecule has 3 aromatic carbocycles. The molecular weight excluding hydrogens is 512 g/mol. The summed E-state index contributed by atoms with van der Waals surface area (Å²) in [7, 11) is 3.28. The molecule has 0 bridgehead atoms. The standard InChI is InChI=1S/C27H20ClF2N7O/c1-37-14-22(35-36-37)25(15-3-5-17(29)6-4-15)34-27-23(38-2)10-8-19-24(16(12-31)13-32-26(19)27)33-18-7-9-21(30)20(28)11-18/h3-11,13-14,25,34H,1-2H3,(H,32,33). The highest BCUT2D eigenvalue weighted by molar-refractivity contribution is 6.31. The Bertz CT molecular complexity index is 1680. The van der Waals surface area contributed by atoms with Gasteiger partial charge in [-0.1, -0.05) is 28.9 Å². The minimum Gasteiger partial charge on any atom is -0.495 e. The van der Waals surface area contributed by atoms with E-state index in [1.165, 1.54) is 43.6 Å². The van der Waals surface area contributed by atoms with E-state index in [2.05, 4.69) is 32.0 Å². The van der Waals surface area contributed by atoms with Crippen LogP contribution < -0.4 is 15.4 Å². The van der Waals surface area contributed by atoms with Gasteiger partial charge in [-0.2, -0.15) is 5.26 Å². The molecule has 0 amide bonds. The van der Waals surface area contributed by atoms with Gasteiger partial charge in [0.05, 0.1) is 41.1 Å². The van der Waals surface area contributed by atoms with Crippen LogP contribution in [0.5, 0.6) is 5.75 Å². The van der Waals surface area contributed by atoms with E-state index in [4.69, 9.17) is 16.3 Å². The van der Waals surface area contributed by atoms with Gasteiger partial charge in [0.2, 0.25) is 0 Å². The summed E-state index contributed by atoms with van der Waals surface area (Å²) < 4.78 is 34.6. The number of methoxy groups -OCH3 is 1. The van der Waals surface area contributed by atoms with Gasteiger partial charge >= 0.3 is 0 Å². The number of aryl methyl sites for hydroxylation is 1. The normalized spacial score (nSPS) is 11.7. The second-order valence-corrected chi connectivity index (χ2v) is 8.80. The first kappa shape index (κ1) is 24.9. The van der Waals surface area contributed by atoms with Crippen molar-refractivity contribution in [3.63, 3.8) is 0 Å². The monoisotopic (exact) mass is 531 g/mol. The van der Waals surface area contributed by atoms with Crippen molar-refractivity contribution in [1.82, 2.24) is 20.0 Å². The first-order valence-electron chi connectivity index (χ1n) is 11.4. The zero-order chi connectivity index (χ0) is 26.8. The summed E-state index contributed by atoms with van der Waals surface area (Å²) in [6.45, 7) is 0. The maximum absolute atomic E-state index is 13.7. The summed E-state index contributed by atoms with van der Waals surface area (Å²) in [6.07, 6.45) is 3.20. The third-order valence-corrected chi connectivity index (χ3v) is 6.23. The smallest absolute Gasteiger partial charge is 0.144 e. The van der Waals surface area contributed by atoms with Gasteiger partial charge in [0.1, 0.15) is 34.8 Å². The molecule has 0 aliphatic rings. The van der Waals surface area contributed by atoms with Crippen LogP contribution in [-0.2, 0) is 7.05 Å². The van der Waals surface area contributed by atoms with E-state index in [1.54, 1.807) is 42.2 Å². The highest BCUT2D eigenvalue weighted by atomic mass is 35.5. The number of nitriles is 1. The Morgan fingerprint density at radius 2 is 1.87 bits per heavy atom. The summed E-state index contributed by atoms with van der Waals surface area (Å²) in [5.74, 6) is -0.428. The van der Waals surface area contributed by atoms with Crippen molar-refractivity contribution in [2.24, 2.45) is 7.05 Å². The number of benzene rings is 3. The van der Waals surface area contributed by atoms with Crippen molar-refractivity contribution in [3.8, 4) is 11.8 Å². The lowest BCUT2D eigenvalue weighted by Gasteiger charge is -2.22. The van der Waals surface area contributed by atoms with Gasteiger partial charge in [-0.3, -0.25) is 9.67 Å². The highest BCUT2D eigenvalue weighted by Crippen LogP contribution is 2.40. The molecular formula is C27H20ClF2N7O. The lowest BCUT2D eigenvalue weighted by molar-refractivity contribution is 0.416. The predicted molar refractivity (Wildman–Crippen MR) is 141 cm³/mol. The van der Waals surface area contributed by atoms with Gasteiger partial charge in [-0.15, -0.1) is 5.10 Å². The van der Waals surface area contributed by atoms with Gasteiger partial charge in [0.25, 0.3) is 0 Å². The van der Waals surface area contributed by atoms with Gasteiger partial charge in [0, 0.05) is 24.3 Å². The number of anilines is 3. The van der Waals surface area contributed by atoms with Crippen molar-refractivity contribution >= 4 is 39.6 Å². The average molecular weight is 532 g/mol. The molecule has 38 heavy (non-hydrogen) atoms. The molecule has 11 heteroatoms. The molecule has 5 aromatic rings. The quantitative estimate of drug-likeness (QED) is 0.261. The number of hydrogen-bond donors (Lipinski definition) is 2. The lowest BCUT2D eigenvalue weighted by atomic mass is 10.0. The fourth-order valence-corrected chi connectivity index (χ4v) is 4.30. The maximum atomic E-state index is 13.7. The first-order valence-corrected chi connectivity index (χ1v) is 11.8. The van der Waals surface area contributed by atoms with Gasteiger partial charge in [-0.25, -0.2) is 8.78 Å². The van der Waals surface area contributed by atoms with E-state index in [9.17, 15) is 14.0 Å². The van der Waals surface area contributed by atoms with Gasteiger partial charge in [0.15, 0.2) is 0 Å². The van der Waals surface area contributed by atoms with Crippen molar-refractivity contribution in [2.75, 3.05) is 17.7 Å². The molecule has 190 valence electrons. The van der Waals surface area contributed by atoms with Crippen LogP contribution in [0.4, 0.5) is 25.8 Å². The number of hydrogen-bond acceptors (Lipinski definition) is 7. The van der Waals surface area contributed by atoms with Crippen molar-refractivity contribution < 1.29 is 13.5 Å². The number of aromatic nitrogens is 4. The Labute approximate surface area is 221 Å². The molecule has 0 spiro atoms. The van der Waals surface area contributed by atoms with Gasteiger partial charge in [-0.05, 0) is 48.0 Å². The van der Waals surface area contributed by atoms with E-state index in [-0.39, 0.29) is 16.4 Å². The van der Waals surface area contributed by atoms with Crippen LogP contribution in [0.3, 0.4) is 0 Å². The summed E-state index contributed by atoms with van der Waals surface area (Å²) in [5, 5.41) is 25.3. The van der Waals surface area contributed by atoms with E-state index < -0.39 is 11.9 Å². The summed E-state index contributed by atoms with van der Waals surface area (Å²) >= 11 is 5.97. The third-order valence-electron chi connectivity index (χ3n) is 5.94. The largest absolute Gasteiger partial charge is 0.495 e. The third kappa shape index (κ3) is 4.79. The van der Waals surface area contributed by atoms with E-state index in [0.717, 1.165) is 5.56 Å². The Hall–Kier alpha value is -4.75. The Morgan fingerprint density at radius 1 is 1.08 bits per heavy atom. The molecule has 0 aliphatic carbocycles. The lowest BCUT2D eigenvalue weighted by Crippen LogP contribution is -2.14. The summed E-state index contributed by atoms with van der Waals surface area (Å²) in [4.78, 5) is 4.56. The van der Waals surface area contributed by atoms with Crippen LogP contribution in [0.15, 0.2) is 67.0 Å². The zero-order valence-electron chi connectivity index (χ0n) is 20.2. The molecule has 0 aliphatic heterocycles. The first-order chi connectivity index (χ1) is 18.4. The van der Waals surface area contributed by atoms with E-state index in [0.29, 0.717) is 39.4 Å². The molecule has 0 saturated carbocycles. The molecule has 1 unspecified atom stereocenters. The Kier molecular flexibility index (Phi) is 6.77. The molecule has 2 aromatic heterocycles. The number of nitrogens with one attached hydrogen (secondary N) is 2. The molecule has 2 heterocycles. The second kappa shape index (κ2) is 10.3. The molecule has 2 N–H and O–H groups in total. The van der Waals surface area contributed by atoms with Crippen molar-refractivity contribution in [2.45, 2.75) is 6.04 Å². The van der Waals surface area contributed by atoms with Crippen molar-refractivity contribution in [3.05, 3.63) is 100 Å². The van der Waals surface area contributed by atoms with Crippen LogP contribution in [0.25, 0.3) is 10.9 Å². The van der Waals surface area contributed by atoms with Crippen LogP contribution in [0.1, 0.15) is 22.9 Å². The van der Waals surface area contributed by atoms with Crippen LogP contribution >= 0.6 is 11.6 Å². The maximum Gasteiger partial charge on any atom is 0.144 e. The number of pyridine rings is 1. The Balaban J connectivity index is 1.66. The van der Waals surface area contributed by atoms with Crippen molar-refractivity contribution in [1.29, 1.82) is 5.26 Å². The van der Waals surface area contributed by atoms with Crippen LogP contribution in [0, 0.1) is 23.0 Å². The van der Waals surface area contributed by atoms with E-state index in [1.807, 2.05) is 0 Å². The topological polar surface area (TPSA) is 101 Å². The highest BCUT2D eigenvalue weighted by Gasteiger charge is 2.23. The van der Waals surface area contributed by atoms with Crippen LogP contribution in [-0.4, -0.2) is 27.1 Å². The summed E-state index contributed by atoms with van der Waals surface area (Å²) in [5.41, 5.74) is 3.57. The number of rotatable bonds is 7. The second-order valence-electron chi connectivity index (χ2n) is 8.40. The molecule has 5 rings (SSSR count). The molecule has 8 nitrogen and oxygen atoms in total. The number of halogens is 3. The molecule has 0 radical (unpaired) electrons. The fraction of sp³-hybridized carbons (Fsp3) is 0.111. The van der Waals surface area contributed by atoms with Gasteiger partial charge < -0.3 is 15.4 Å². The zero-order valence-corrected chi connectivity index (χ0v) is 21.0. The van der Waals surface area contributed by atoms with Crippen LogP contribution in [0.2, 0.25) is 5.02 Å². The Morgan fingerprint density at radius 3 is 2.53 bits per heavy atom.